The van der Waals surface area contributed by atoms with Gasteiger partial charge in [0.05, 0.1) is 12.6 Å². The quantitative estimate of drug-likeness (QED) is 0.738. The molecule has 112 valence electrons. The van der Waals surface area contributed by atoms with E-state index < -0.39 is 0 Å². The SMILES string of the molecule is Cc1nnc(NC(=O)CN2CC(O)CC2CN(C)C)o1. The third kappa shape index (κ3) is 3.99. The number of nitrogens with zero attached hydrogens (tertiary/aromatic N) is 4. The molecule has 0 bridgehead atoms. The fraction of sp³-hybridized carbons (Fsp3) is 0.750. The van der Waals surface area contributed by atoms with Crippen molar-refractivity contribution in [1.29, 1.82) is 0 Å². The minimum Gasteiger partial charge on any atom is -0.408 e. The number of β-amino-alcohol motifs (C(OH)–C–C–N with tert-alkyl or cyclic N) is 1. The maximum atomic E-state index is 11.9. The standard InChI is InChI=1S/C12H21N5O3/c1-8-14-15-12(20-8)13-11(19)7-17-6-10(18)4-9(17)5-16(2)3/h9-10,18H,4-7H2,1-3H3,(H,13,15,19). The molecule has 2 rings (SSSR count). The van der Waals surface area contributed by atoms with Crippen molar-refractivity contribution in [3.05, 3.63) is 5.89 Å². The van der Waals surface area contributed by atoms with Crippen LogP contribution in [0.1, 0.15) is 12.3 Å². The molecule has 1 aromatic heterocycles. The number of rotatable bonds is 5. The van der Waals surface area contributed by atoms with E-state index in [4.69, 9.17) is 4.42 Å². The fourth-order valence-electron chi connectivity index (χ4n) is 2.45. The molecule has 1 saturated heterocycles. The summed E-state index contributed by atoms with van der Waals surface area (Å²) < 4.78 is 5.10. The number of aliphatic hydroxyl groups is 1. The molecule has 0 aliphatic carbocycles. The van der Waals surface area contributed by atoms with Crippen LogP contribution in [0, 0.1) is 6.92 Å². The number of carbonyl (C=O) groups excluding carboxylic acids is 1. The minimum absolute atomic E-state index is 0.108. The number of aliphatic hydroxyl groups excluding tert-OH is 1. The number of amides is 1. The third-order valence-electron chi connectivity index (χ3n) is 3.20. The van der Waals surface area contributed by atoms with Crippen LogP contribution in [0.4, 0.5) is 6.01 Å². The van der Waals surface area contributed by atoms with Gasteiger partial charge in [0, 0.05) is 26.1 Å². The molecule has 8 heteroatoms. The van der Waals surface area contributed by atoms with Gasteiger partial charge in [-0.15, -0.1) is 5.10 Å². The lowest BCUT2D eigenvalue weighted by Crippen LogP contribution is -2.41. The smallest absolute Gasteiger partial charge is 0.322 e. The molecular weight excluding hydrogens is 262 g/mol. The lowest BCUT2D eigenvalue weighted by molar-refractivity contribution is -0.117. The Kier molecular flexibility index (Phi) is 4.69. The van der Waals surface area contributed by atoms with Gasteiger partial charge in [0.1, 0.15) is 0 Å². The van der Waals surface area contributed by atoms with Gasteiger partial charge in [-0.05, 0) is 20.5 Å². The highest BCUT2D eigenvalue weighted by Gasteiger charge is 2.32. The summed E-state index contributed by atoms with van der Waals surface area (Å²) in [6.07, 6.45) is 0.309. The summed E-state index contributed by atoms with van der Waals surface area (Å²) in [5.41, 5.74) is 0. The highest BCUT2D eigenvalue weighted by molar-refractivity contribution is 5.90. The average molecular weight is 283 g/mol. The van der Waals surface area contributed by atoms with Gasteiger partial charge in [-0.25, -0.2) is 0 Å². The molecule has 1 aliphatic rings. The Labute approximate surface area is 117 Å². The normalized spacial score (nSPS) is 23.4. The van der Waals surface area contributed by atoms with E-state index in [-0.39, 0.29) is 30.6 Å². The zero-order valence-corrected chi connectivity index (χ0v) is 12.0. The second-order valence-corrected chi connectivity index (χ2v) is 5.41. The minimum atomic E-state index is -0.376. The molecule has 8 nitrogen and oxygen atoms in total. The summed E-state index contributed by atoms with van der Waals surface area (Å²) >= 11 is 0. The Morgan fingerprint density at radius 3 is 2.90 bits per heavy atom. The molecule has 1 aliphatic heterocycles. The fourth-order valence-corrected chi connectivity index (χ4v) is 2.45. The molecule has 2 N–H and O–H groups in total. The lowest BCUT2D eigenvalue weighted by Gasteiger charge is -2.25. The maximum Gasteiger partial charge on any atom is 0.322 e. The summed E-state index contributed by atoms with van der Waals surface area (Å²) in [7, 11) is 3.95. The molecule has 0 radical (unpaired) electrons. The average Bonchev–Trinajstić information content (AvgIpc) is 2.85. The molecule has 0 saturated carbocycles. The second-order valence-electron chi connectivity index (χ2n) is 5.41. The molecule has 1 amide bonds. The van der Waals surface area contributed by atoms with Crippen molar-refractivity contribution in [2.24, 2.45) is 0 Å². The first-order valence-electron chi connectivity index (χ1n) is 6.61. The van der Waals surface area contributed by atoms with E-state index in [2.05, 4.69) is 20.4 Å². The Balaban J connectivity index is 1.88. The number of aryl methyl sites for hydroxylation is 1. The van der Waals surface area contributed by atoms with Crippen LogP contribution in [-0.2, 0) is 4.79 Å². The number of likely N-dealkylation sites (tertiary alicyclic amines) is 1. The van der Waals surface area contributed by atoms with Crippen LogP contribution in [0.5, 0.6) is 0 Å². The molecule has 1 fully saturated rings. The molecule has 20 heavy (non-hydrogen) atoms. The highest BCUT2D eigenvalue weighted by atomic mass is 16.4. The van der Waals surface area contributed by atoms with E-state index in [1.165, 1.54) is 0 Å². The van der Waals surface area contributed by atoms with Crippen LogP contribution in [0.25, 0.3) is 0 Å². The summed E-state index contributed by atoms with van der Waals surface area (Å²) in [5.74, 6) is 0.189. The summed E-state index contributed by atoms with van der Waals surface area (Å²) in [5, 5.41) is 19.7. The van der Waals surface area contributed by atoms with Crippen molar-refractivity contribution in [1.82, 2.24) is 20.0 Å². The topological polar surface area (TPSA) is 94.7 Å². The van der Waals surface area contributed by atoms with E-state index >= 15 is 0 Å². The first-order chi connectivity index (χ1) is 9.44. The zero-order chi connectivity index (χ0) is 14.7. The number of anilines is 1. The number of hydrogen-bond donors (Lipinski definition) is 2. The van der Waals surface area contributed by atoms with Crippen molar-refractivity contribution >= 4 is 11.9 Å². The van der Waals surface area contributed by atoms with Gasteiger partial charge in [0.25, 0.3) is 0 Å². The molecule has 0 aromatic carbocycles. The Bertz CT molecular complexity index is 462. The summed E-state index contributed by atoms with van der Waals surface area (Å²) in [4.78, 5) is 16.0. The van der Waals surface area contributed by atoms with Crippen LogP contribution in [-0.4, -0.2) is 76.9 Å². The van der Waals surface area contributed by atoms with E-state index in [1.54, 1.807) is 6.92 Å². The van der Waals surface area contributed by atoms with Crippen LogP contribution < -0.4 is 5.32 Å². The number of hydrogen-bond acceptors (Lipinski definition) is 7. The lowest BCUT2D eigenvalue weighted by atomic mass is 10.2. The maximum absolute atomic E-state index is 11.9. The molecule has 2 unspecified atom stereocenters. The Hall–Kier alpha value is -1.51. The van der Waals surface area contributed by atoms with Crippen LogP contribution >= 0.6 is 0 Å². The van der Waals surface area contributed by atoms with Gasteiger partial charge in [-0.3, -0.25) is 15.0 Å². The number of aromatic nitrogens is 2. The van der Waals surface area contributed by atoms with E-state index in [1.807, 2.05) is 19.0 Å². The van der Waals surface area contributed by atoms with Gasteiger partial charge in [0.15, 0.2) is 0 Å². The van der Waals surface area contributed by atoms with Gasteiger partial charge in [-0.1, -0.05) is 5.10 Å². The number of carbonyl (C=O) groups is 1. The molecule has 2 atom stereocenters. The first-order valence-corrected chi connectivity index (χ1v) is 6.61. The monoisotopic (exact) mass is 283 g/mol. The van der Waals surface area contributed by atoms with Gasteiger partial charge in [-0.2, -0.15) is 0 Å². The van der Waals surface area contributed by atoms with Crippen molar-refractivity contribution in [3.8, 4) is 0 Å². The summed E-state index contributed by atoms with van der Waals surface area (Å²) in [6.45, 7) is 3.18. The zero-order valence-electron chi connectivity index (χ0n) is 12.0. The summed E-state index contributed by atoms with van der Waals surface area (Å²) in [6, 6.07) is 0.284. The van der Waals surface area contributed by atoms with Gasteiger partial charge in [0.2, 0.25) is 11.8 Å². The predicted molar refractivity (Wildman–Crippen MR) is 72.2 cm³/mol. The number of likely N-dealkylation sites (N-methyl/N-ethyl adjacent to an activating group) is 1. The highest BCUT2D eigenvalue weighted by Crippen LogP contribution is 2.18. The van der Waals surface area contributed by atoms with Crippen molar-refractivity contribution < 1.29 is 14.3 Å². The third-order valence-corrected chi connectivity index (χ3v) is 3.20. The van der Waals surface area contributed by atoms with E-state index in [0.29, 0.717) is 18.9 Å². The van der Waals surface area contributed by atoms with Crippen LogP contribution in [0.2, 0.25) is 0 Å². The Morgan fingerprint density at radius 1 is 1.55 bits per heavy atom. The first kappa shape index (κ1) is 14.9. The Morgan fingerprint density at radius 2 is 2.30 bits per heavy atom. The number of nitrogens with one attached hydrogen (secondary N) is 1. The van der Waals surface area contributed by atoms with Crippen molar-refractivity contribution in [3.63, 3.8) is 0 Å². The van der Waals surface area contributed by atoms with E-state index in [0.717, 1.165) is 6.54 Å². The van der Waals surface area contributed by atoms with Crippen LogP contribution in [0.3, 0.4) is 0 Å². The van der Waals surface area contributed by atoms with Gasteiger partial charge >= 0.3 is 6.01 Å². The second kappa shape index (κ2) is 6.29. The molecular formula is C12H21N5O3. The largest absolute Gasteiger partial charge is 0.408 e. The van der Waals surface area contributed by atoms with Crippen LogP contribution in [0.15, 0.2) is 4.42 Å². The predicted octanol–water partition coefficient (Wildman–Crippen LogP) is -0.687. The van der Waals surface area contributed by atoms with Crippen molar-refractivity contribution in [2.75, 3.05) is 39.0 Å². The molecule has 2 heterocycles. The van der Waals surface area contributed by atoms with E-state index in [9.17, 15) is 9.90 Å². The molecule has 1 aromatic rings. The van der Waals surface area contributed by atoms with Gasteiger partial charge < -0.3 is 14.4 Å². The van der Waals surface area contributed by atoms with Crippen molar-refractivity contribution in [2.45, 2.75) is 25.5 Å². The molecule has 0 spiro atoms.